The first-order valence-corrected chi connectivity index (χ1v) is 7.33. The molecule has 5 nitrogen and oxygen atoms in total. The van der Waals surface area contributed by atoms with Crippen LogP contribution >= 0.6 is 11.6 Å². The molecule has 1 heterocycles. The summed E-state index contributed by atoms with van der Waals surface area (Å²) >= 11 is 5.60. The van der Waals surface area contributed by atoms with Gasteiger partial charge in [-0.25, -0.2) is 4.98 Å². The molecule has 1 amide bonds. The lowest BCUT2D eigenvalue weighted by Gasteiger charge is -2.16. The van der Waals surface area contributed by atoms with Crippen LogP contribution in [0.15, 0.2) is 30.5 Å². The number of amides is 1. The summed E-state index contributed by atoms with van der Waals surface area (Å²) in [6.07, 6.45) is -4.07. The molecule has 1 aromatic carbocycles. The van der Waals surface area contributed by atoms with Crippen molar-refractivity contribution >= 4 is 29.0 Å². The minimum absolute atomic E-state index is 0.121. The zero-order chi connectivity index (χ0) is 17.9. The predicted octanol–water partition coefficient (Wildman–Crippen LogP) is 4.03. The molecule has 0 bridgehead atoms. The fourth-order valence-corrected chi connectivity index (χ4v) is 2.05. The molecule has 0 aliphatic heterocycles. The average Bonchev–Trinajstić information content (AvgIpc) is 2.45. The van der Waals surface area contributed by atoms with E-state index in [9.17, 15) is 18.0 Å². The minimum atomic E-state index is -4.66. The summed E-state index contributed by atoms with van der Waals surface area (Å²) in [5, 5.41) is 4.87. The number of benzene rings is 1. The van der Waals surface area contributed by atoms with Gasteiger partial charge in [-0.15, -0.1) is 0 Å². The van der Waals surface area contributed by atoms with Crippen LogP contribution in [0.3, 0.4) is 0 Å². The minimum Gasteiger partial charge on any atom is -0.350 e. The van der Waals surface area contributed by atoms with Crippen molar-refractivity contribution < 1.29 is 18.0 Å². The molecule has 0 saturated carbocycles. The number of anilines is 2. The lowest BCUT2D eigenvalue weighted by molar-refractivity contribution is -0.137. The van der Waals surface area contributed by atoms with Crippen molar-refractivity contribution in [3.63, 3.8) is 0 Å². The van der Waals surface area contributed by atoms with Crippen LogP contribution in [0.25, 0.3) is 0 Å². The Bertz CT molecular complexity index is 750. The van der Waals surface area contributed by atoms with Gasteiger partial charge in [0.05, 0.1) is 11.3 Å². The zero-order valence-electron chi connectivity index (χ0n) is 12.8. The number of rotatable bonds is 4. The van der Waals surface area contributed by atoms with Gasteiger partial charge >= 0.3 is 6.18 Å². The van der Waals surface area contributed by atoms with E-state index in [0.717, 1.165) is 0 Å². The molecule has 0 radical (unpaired) electrons. The second-order valence-electron chi connectivity index (χ2n) is 5.20. The normalized spacial score (nSPS) is 11.5. The van der Waals surface area contributed by atoms with E-state index in [1.54, 1.807) is 26.0 Å². The van der Waals surface area contributed by atoms with Crippen LogP contribution in [0.2, 0.25) is 5.28 Å². The number of alkyl halides is 3. The van der Waals surface area contributed by atoms with E-state index in [2.05, 4.69) is 20.6 Å². The Balaban J connectivity index is 2.43. The zero-order valence-corrected chi connectivity index (χ0v) is 13.5. The number of hydrogen-bond acceptors (Lipinski definition) is 4. The Labute approximate surface area is 141 Å². The van der Waals surface area contributed by atoms with E-state index < -0.39 is 23.5 Å². The summed E-state index contributed by atoms with van der Waals surface area (Å²) in [6, 6.07) is 6.05. The molecular formula is C15H14ClF3N4O. The molecule has 128 valence electrons. The van der Waals surface area contributed by atoms with Gasteiger partial charge in [-0.05, 0) is 37.6 Å². The first kappa shape index (κ1) is 18.0. The highest BCUT2D eigenvalue weighted by atomic mass is 35.5. The molecule has 2 rings (SSSR count). The Hall–Kier alpha value is -2.35. The third kappa shape index (κ3) is 4.35. The Morgan fingerprint density at radius 1 is 1.25 bits per heavy atom. The molecule has 0 unspecified atom stereocenters. The molecule has 1 aromatic heterocycles. The molecule has 0 aliphatic rings. The molecule has 2 N–H and O–H groups in total. The van der Waals surface area contributed by atoms with Crippen molar-refractivity contribution in [2.75, 3.05) is 5.32 Å². The first-order valence-electron chi connectivity index (χ1n) is 6.95. The van der Waals surface area contributed by atoms with Crippen LogP contribution in [0, 0.1) is 0 Å². The summed E-state index contributed by atoms with van der Waals surface area (Å²) in [6.45, 7) is 3.56. The predicted molar refractivity (Wildman–Crippen MR) is 84.4 cm³/mol. The van der Waals surface area contributed by atoms with Gasteiger partial charge in [0.1, 0.15) is 11.4 Å². The fourth-order valence-electron chi connectivity index (χ4n) is 1.92. The molecule has 0 fully saturated rings. The standard InChI is InChI=1S/C15H14ClF3N4O/c1-8(2)21-13(24)9-5-3-4-6-11(9)22-12-10(15(17,18)19)7-20-14(16)23-12/h3-8H,1-2H3,(H,21,24)(H,20,22,23). The van der Waals surface area contributed by atoms with Crippen LogP contribution in [0.5, 0.6) is 0 Å². The number of para-hydroxylation sites is 1. The molecule has 9 heteroatoms. The summed E-state index contributed by atoms with van der Waals surface area (Å²) in [5.41, 5.74) is -0.712. The number of nitrogens with one attached hydrogen (secondary N) is 2. The highest BCUT2D eigenvalue weighted by Gasteiger charge is 2.35. The summed E-state index contributed by atoms with van der Waals surface area (Å²) in [4.78, 5) is 19.1. The van der Waals surface area contributed by atoms with Crippen LogP contribution < -0.4 is 10.6 Å². The van der Waals surface area contributed by atoms with E-state index in [1.165, 1.54) is 12.1 Å². The topological polar surface area (TPSA) is 66.9 Å². The van der Waals surface area contributed by atoms with E-state index in [0.29, 0.717) is 6.20 Å². The van der Waals surface area contributed by atoms with Crippen molar-refractivity contribution in [3.8, 4) is 0 Å². The highest BCUT2D eigenvalue weighted by molar-refractivity contribution is 6.28. The molecule has 0 atom stereocenters. The number of carbonyl (C=O) groups is 1. The number of halogens is 4. The molecular weight excluding hydrogens is 345 g/mol. The maximum atomic E-state index is 13.1. The fraction of sp³-hybridized carbons (Fsp3) is 0.267. The van der Waals surface area contributed by atoms with Gasteiger partial charge < -0.3 is 10.6 Å². The van der Waals surface area contributed by atoms with Crippen molar-refractivity contribution in [2.24, 2.45) is 0 Å². The Morgan fingerprint density at radius 3 is 2.54 bits per heavy atom. The average molecular weight is 359 g/mol. The number of aromatic nitrogens is 2. The largest absolute Gasteiger partial charge is 0.421 e. The number of hydrogen-bond donors (Lipinski definition) is 2. The SMILES string of the molecule is CC(C)NC(=O)c1ccccc1Nc1nc(Cl)ncc1C(F)(F)F. The van der Waals surface area contributed by atoms with Crippen molar-refractivity contribution in [2.45, 2.75) is 26.1 Å². The summed E-state index contributed by atoms with van der Waals surface area (Å²) in [5.74, 6) is -0.936. The second-order valence-corrected chi connectivity index (χ2v) is 5.54. The number of carbonyl (C=O) groups excluding carboxylic acids is 1. The van der Waals surface area contributed by atoms with E-state index >= 15 is 0 Å². The maximum absolute atomic E-state index is 13.1. The second kappa shape index (κ2) is 7.04. The van der Waals surface area contributed by atoms with Crippen LogP contribution in [-0.4, -0.2) is 21.9 Å². The van der Waals surface area contributed by atoms with Gasteiger partial charge in [-0.1, -0.05) is 12.1 Å². The first-order chi connectivity index (χ1) is 11.2. The molecule has 0 spiro atoms. The monoisotopic (exact) mass is 358 g/mol. The van der Waals surface area contributed by atoms with Crippen molar-refractivity contribution in [1.82, 2.24) is 15.3 Å². The lowest BCUT2D eigenvalue weighted by atomic mass is 10.1. The summed E-state index contributed by atoms with van der Waals surface area (Å²) < 4.78 is 39.2. The van der Waals surface area contributed by atoms with Gasteiger partial charge in [-0.3, -0.25) is 4.79 Å². The smallest absolute Gasteiger partial charge is 0.350 e. The van der Waals surface area contributed by atoms with E-state index in [1.807, 2.05) is 0 Å². The summed E-state index contributed by atoms with van der Waals surface area (Å²) in [7, 11) is 0. The third-order valence-electron chi connectivity index (χ3n) is 2.91. The third-order valence-corrected chi connectivity index (χ3v) is 3.09. The van der Waals surface area contributed by atoms with E-state index in [-0.39, 0.29) is 22.6 Å². The maximum Gasteiger partial charge on any atom is 0.421 e. The van der Waals surface area contributed by atoms with Gasteiger partial charge in [0, 0.05) is 12.2 Å². The lowest BCUT2D eigenvalue weighted by Crippen LogP contribution is -2.30. The van der Waals surface area contributed by atoms with E-state index in [4.69, 9.17) is 11.6 Å². The van der Waals surface area contributed by atoms with Crippen LogP contribution in [0.4, 0.5) is 24.7 Å². The number of nitrogens with zero attached hydrogens (tertiary/aromatic N) is 2. The molecule has 0 saturated heterocycles. The van der Waals surface area contributed by atoms with Gasteiger partial charge in [0.15, 0.2) is 0 Å². The Morgan fingerprint density at radius 2 is 1.92 bits per heavy atom. The van der Waals surface area contributed by atoms with Crippen molar-refractivity contribution in [3.05, 3.63) is 46.9 Å². The van der Waals surface area contributed by atoms with Crippen LogP contribution in [-0.2, 0) is 6.18 Å². The highest BCUT2D eigenvalue weighted by Crippen LogP contribution is 2.35. The quantitative estimate of drug-likeness (QED) is 0.810. The van der Waals surface area contributed by atoms with Gasteiger partial charge in [-0.2, -0.15) is 18.2 Å². The van der Waals surface area contributed by atoms with Crippen LogP contribution in [0.1, 0.15) is 29.8 Å². The molecule has 2 aromatic rings. The Kier molecular flexibility index (Phi) is 5.28. The van der Waals surface area contributed by atoms with Gasteiger partial charge in [0.25, 0.3) is 5.91 Å². The van der Waals surface area contributed by atoms with Crippen molar-refractivity contribution in [1.29, 1.82) is 0 Å². The molecule has 24 heavy (non-hydrogen) atoms. The molecule has 0 aliphatic carbocycles. The van der Waals surface area contributed by atoms with Gasteiger partial charge in [0.2, 0.25) is 5.28 Å².